The number of hydrogen-bond acceptors (Lipinski definition) is 1. The second kappa shape index (κ2) is 9.21. The summed E-state index contributed by atoms with van der Waals surface area (Å²) in [5.41, 5.74) is 7.82. The molecule has 3 heteroatoms. The number of pyridine rings is 2. The molecule has 34 heavy (non-hydrogen) atoms. The third kappa shape index (κ3) is 3.87. The van der Waals surface area contributed by atoms with Gasteiger partial charge in [-0.05, 0) is 24.1 Å². The molecule has 2 heterocycles. The summed E-state index contributed by atoms with van der Waals surface area (Å²) in [6.45, 7) is 8.10. The summed E-state index contributed by atoms with van der Waals surface area (Å²) in [6.07, 6.45) is 13.6. The fraction of sp³-hybridized carbons (Fsp3) is 0.355. The summed E-state index contributed by atoms with van der Waals surface area (Å²) in [4.78, 5) is 0. The highest BCUT2D eigenvalue weighted by molar-refractivity contribution is 5.99. The molecule has 1 aliphatic rings. The highest BCUT2D eigenvalue weighted by Gasteiger charge is 2.41. The van der Waals surface area contributed by atoms with Gasteiger partial charge in [-0.3, -0.25) is 0 Å². The monoisotopic (exact) mass is 452 g/mol. The molecule has 0 radical (unpaired) electrons. The SMILES string of the molecule is CCCCCCC[n+]1ccc2c(c1)C(C)(C)c1c[n+](-c3cccc(OC)c3)c3ccccc3c1-2. The second-order valence-electron chi connectivity index (χ2n) is 10.1. The Morgan fingerprint density at radius 2 is 1.68 bits per heavy atom. The van der Waals surface area contributed by atoms with Crippen LogP contribution in [0.25, 0.3) is 27.7 Å². The van der Waals surface area contributed by atoms with Crippen molar-refractivity contribution < 1.29 is 13.9 Å². The van der Waals surface area contributed by atoms with E-state index in [0.29, 0.717) is 0 Å². The number of nitrogens with zero attached hydrogens (tertiary/aromatic N) is 2. The minimum atomic E-state index is -0.0689. The second-order valence-corrected chi connectivity index (χ2v) is 10.1. The number of para-hydroxylation sites is 1. The van der Waals surface area contributed by atoms with Crippen LogP contribution in [0, 0.1) is 0 Å². The molecule has 2 aromatic carbocycles. The van der Waals surface area contributed by atoms with Crippen LogP contribution in [0.5, 0.6) is 5.75 Å². The standard InChI is InChI=1S/C31H36N2O/c1-5-6-7-8-11-18-32-19-17-25-27(21-32)31(2,3)28-22-33(23-13-12-14-24(20-23)34-4)29-16-10-9-15-26(29)30(25)28/h9-10,12-17,19-22H,5-8,11,18H2,1-4H3/q+2. The van der Waals surface area contributed by atoms with E-state index in [9.17, 15) is 0 Å². The average Bonchev–Trinajstić information content (AvgIpc) is 3.09. The molecule has 5 rings (SSSR count). The lowest BCUT2D eigenvalue weighted by Gasteiger charge is -2.19. The van der Waals surface area contributed by atoms with E-state index in [1.165, 1.54) is 65.3 Å². The predicted molar refractivity (Wildman–Crippen MR) is 139 cm³/mol. The molecular weight excluding hydrogens is 416 g/mol. The smallest absolute Gasteiger partial charge is 0.219 e. The van der Waals surface area contributed by atoms with Crippen LogP contribution in [0.15, 0.2) is 73.2 Å². The molecule has 1 aliphatic carbocycles. The topological polar surface area (TPSA) is 17.0 Å². The van der Waals surface area contributed by atoms with Crippen molar-refractivity contribution in [1.29, 1.82) is 0 Å². The van der Waals surface area contributed by atoms with Gasteiger partial charge in [0.15, 0.2) is 18.6 Å². The minimum absolute atomic E-state index is 0.0689. The molecule has 0 aliphatic heterocycles. The van der Waals surface area contributed by atoms with E-state index in [0.717, 1.165) is 18.0 Å². The third-order valence-electron chi connectivity index (χ3n) is 7.45. The van der Waals surface area contributed by atoms with E-state index in [1.807, 2.05) is 6.07 Å². The van der Waals surface area contributed by atoms with E-state index in [1.54, 1.807) is 7.11 Å². The van der Waals surface area contributed by atoms with Gasteiger partial charge >= 0.3 is 0 Å². The molecule has 174 valence electrons. The minimum Gasteiger partial charge on any atom is -0.497 e. The van der Waals surface area contributed by atoms with Crippen molar-refractivity contribution in [1.82, 2.24) is 0 Å². The van der Waals surface area contributed by atoms with Gasteiger partial charge in [-0.2, -0.15) is 4.57 Å². The van der Waals surface area contributed by atoms with Gasteiger partial charge in [0, 0.05) is 46.7 Å². The normalized spacial score (nSPS) is 13.6. The van der Waals surface area contributed by atoms with Gasteiger partial charge in [0.1, 0.15) is 12.3 Å². The van der Waals surface area contributed by atoms with Gasteiger partial charge < -0.3 is 4.74 Å². The van der Waals surface area contributed by atoms with Gasteiger partial charge in [0.05, 0.1) is 18.6 Å². The molecular formula is C31H36N2O+2. The number of unbranched alkanes of at least 4 members (excludes halogenated alkanes) is 4. The van der Waals surface area contributed by atoms with Crippen LogP contribution in [-0.4, -0.2) is 7.11 Å². The summed E-state index contributed by atoms with van der Waals surface area (Å²) in [6, 6.07) is 19.4. The van der Waals surface area contributed by atoms with Gasteiger partial charge in [-0.25, -0.2) is 4.57 Å². The predicted octanol–water partition coefficient (Wildman–Crippen LogP) is 6.69. The van der Waals surface area contributed by atoms with Gasteiger partial charge in [-0.15, -0.1) is 0 Å². The van der Waals surface area contributed by atoms with Crippen molar-refractivity contribution in [3.63, 3.8) is 0 Å². The van der Waals surface area contributed by atoms with Crippen molar-refractivity contribution >= 4 is 10.9 Å². The summed E-state index contributed by atoms with van der Waals surface area (Å²) in [7, 11) is 1.73. The molecule has 0 unspecified atom stereocenters. The fourth-order valence-electron chi connectivity index (χ4n) is 5.48. The van der Waals surface area contributed by atoms with Crippen LogP contribution in [0.1, 0.15) is 64.0 Å². The number of aromatic nitrogens is 2. The Morgan fingerprint density at radius 3 is 2.50 bits per heavy atom. The summed E-state index contributed by atoms with van der Waals surface area (Å²) < 4.78 is 10.2. The third-order valence-corrected chi connectivity index (χ3v) is 7.45. The first-order valence-corrected chi connectivity index (χ1v) is 12.7. The summed E-state index contributed by atoms with van der Waals surface area (Å²) in [5, 5.41) is 1.30. The van der Waals surface area contributed by atoms with Crippen LogP contribution in [-0.2, 0) is 12.0 Å². The average molecular weight is 453 g/mol. The van der Waals surface area contributed by atoms with Crippen molar-refractivity contribution in [3.8, 4) is 22.6 Å². The first-order chi connectivity index (χ1) is 16.5. The number of fused-ring (bicyclic) bond motifs is 5. The summed E-state index contributed by atoms with van der Waals surface area (Å²) in [5.74, 6) is 0.872. The zero-order valence-electron chi connectivity index (χ0n) is 21.0. The Balaban J connectivity index is 1.61. The maximum absolute atomic E-state index is 5.52. The van der Waals surface area contributed by atoms with Crippen LogP contribution in [0.3, 0.4) is 0 Å². The number of rotatable bonds is 8. The van der Waals surface area contributed by atoms with Crippen molar-refractivity contribution in [3.05, 3.63) is 84.3 Å². The molecule has 0 bridgehead atoms. The molecule has 0 saturated carbocycles. The van der Waals surface area contributed by atoms with Crippen LogP contribution >= 0.6 is 0 Å². The highest BCUT2D eigenvalue weighted by Crippen LogP contribution is 2.50. The first kappa shape index (κ1) is 22.6. The van der Waals surface area contributed by atoms with Gasteiger partial charge in [0.2, 0.25) is 11.2 Å². The molecule has 0 N–H and O–H groups in total. The quantitative estimate of drug-likeness (QED) is 0.215. The van der Waals surface area contributed by atoms with Crippen molar-refractivity contribution in [2.45, 2.75) is 64.8 Å². The largest absolute Gasteiger partial charge is 0.497 e. The molecule has 0 spiro atoms. The van der Waals surface area contributed by atoms with Gasteiger partial charge in [0.25, 0.3) is 0 Å². The Hall–Kier alpha value is -3.20. The Kier molecular flexibility index (Phi) is 6.12. The molecule has 2 aromatic heterocycles. The first-order valence-electron chi connectivity index (χ1n) is 12.7. The lowest BCUT2D eigenvalue weighted by atomic mass is 9.83. The van der Waals surface area contributed by atoms with Crippen LogP contribution < -0.4 is 13.9 Å². The molecule has 4 aromatic rings. The molecule has 0 fully saturated rings. The Morgan fingerprint density at radius 1 is 0.853 bits per heavy atom. The maximum Gasteiger partial charge on any atom is 0.219 e. The highest BCUT2D eigenvalue weighted by atomic mass is 16.5. The van der Waals surface area contributed by atoms with Crippen LogP contribution in [0.4, 0.5) is 0 Å². The van der Waals surface area contributed by atoms with E-state index < -0.39 is 0 Å². The van der Waals surface area contributed by atoms with E-state index >= 15 is 0 Å². The van der Waals surface area contributed by atoms with Crippen LogP contribution in [0.2, 0.25) is 0 Å². The summed E-state index contributed by atoms with van der Waals surface area (Å²) >= 11 is 0. The van der Waals surface area contributed by atoms with Crippen molar-refractivity contribution in [2.75, 3.05) is 7.11 Å². The lowest BCUT2D eigenvalue weighted by Crippen LogP contribution is -2.35. The zero-order valence-corrected chi connectivity index (χ0v) is 21.0. The molecule has 0 amide bonds. The van der Waals surface area contributed by atoms with E-state index in [-0.39, 0.29) is 5.41 Å². The molecule has 0 atom stereocenters. The number of benzene rings is 2. The zero-order chi connectivity index (χ0) is 23.7. The molecule has 0 saturated heterocycles. The van der Waals surface area contributed by atoms with E-state index in [2.05, 4.69) is 97.0 Å². The van der Waals surface area contributed by atoms with E-state index in [4.69, 9.17) is 4.74 Å². The molecule has 3 nitrogen and oxygen atoms in total. The van der Waals surface area contributed by atoms with Crippen molar-refractivity contribution in [2.24, 2.45) is 0 Å². The number of hydrogen-bond donors (Lipinski definition) is 0. The Bertz CT molecular complexity index is 1340. The van der Waals surface area contributed by atoms with Gasteiger partial charge in [-0.1, -0.05) is 58.2 Å². The number of methoxy groups -OCH3 is 1. The number of aryl methyl sites for hydroxylation is 1. The maximum atomic E-state index is 5.52. The lowest BCUT2D eigenvalue weighted by molar-refractivity contribution is -0.697. The fourth-order valence-corrected chi connectivity index (χ4v) is 5.48. The number of ether oxygens (including phenoxy) is 1. The Labute approximate surface area is 203 Å².